The van der Waals surface area contributed by atoms with Crippen molar-refractivity contribution >= 4 is 5.91 Å². The van der Waals surface area contributed by atoms with Crippen LogP contribution >= 0.6 is 0 Å². The minimum Gasteiger partial charge on any atom is -0.340 e. The van der Waals surface area contributed by atoms with E-state index in [0.717, 1.165) is 13.1 Å². The molecule has 0 aliphatic carbocycles. The number of hydrogen-bond donors (Lipinski definition) is 0. The summed E-state index contributed by atoms with van der Waals surface area (Å²) < 4.78 is 0. The van der Waals surface area contributed by atoms with Gasteiger partial charge >= 0.3 is 0 Å². The minimum atomic E-state index is 0.0103. The van der Waals surface area contributed by atoms with Crippen LogP contribution in [-0.4, -0.2) is 48.9 Å². The van der Waals surface area contributed by atoms with Crippen LogP contribution in [0.2, 0.25) is 0 Å². The van der Waals surface area contributed by atoms with Crippen molar-refractivity contribution in [1.29, 1.82) is 0 Å². The molecule has 0 aromatic rings. The van der Waals surface area contributed by atoms with Crippen LogP contribution in [0.25, 0.3) is 0 Å². The van der Waals surface area contributed by atoms with Gasteiger partial charge in [0.15, 0.2) is 0 Å². The van der Waals surface area contributed by atoms with Crippen molar-refractivity contribution in [2.24, 2.45) is 5.41 Å². The van der Waals surface area contributed by atoms with Crippen LogP contribution in [0.15, 0.2) is 0 Å². The SMILES string of the molecule is C[C@@H](C(=O)N1CC(C)(C)C1)N(C)C. The third-order valence-electron chi connectivity index (χ3n) is 2.68. The normalized spacial score (nSPS) is 22.8. The molecule has 0 unspecified atom stereocenters. The molecule has 0 aromatic carbocycles. The molecule has 1 amide bonds. The van der Waals surface area contributed by atoms with Crippen molar-refractivity contribution in [3.63, 3.8) is 0 Å². The van der Waals surface area contributed by atoms with E-state index in [0.29, 0.717) is 5.41 Å². The first kappa shape index (κ1) is 10.5. The molecule has 1 heterocycles. The van der Waals surface area contributed by atoms with Crippen LogP contribution in [0.3, 0.4) is 0 Å². The van der Waals surface area contributed by atoms with Crippen molar-refractivity contribution in [2.75, 3.05) is 27.2 Å². The Kier molecular flexibility index (Phi) is 2.66. The molecule has 0 N–H and O–H groups in total. The van der Waals surface area contributed by atoms with E-state index in [1.54, 1.807) is 0 Å². The maximum absolute atomic E-state index is 11.7. The molecule has 0 bridgehead atoms. The van der Waals surface area contributed by atoms with Crippen molar-refractivity contribution in [2.45, 2.75) is 26.8 Å². The Morgan fingerprint density at radius 1 is 1.38 bits per heavy atom. The predicted molar refractivity (Wildman–Crippen MR) is 53.5 cm³/mol. The van der Waals surface area contributed by atoms with Crippen LogP contribution in [0, 0.1) is 5.41 Å². The minimum absolute atomic E-state index is 0.0103. The Balaban J connectivity index is 2.43. The molecule has 1 saturated heterocycles. The van der Waals surface area contributed by atoms with E-state index in [9.17, 15) is 4.79 Å². The van der Waals surface area contributed by atoms with Crippen molar-refractivity contribution in [3.05, 3.63) is 0 Å². The Hall–Kier alpha value is -0.570. The molecule has 1 aliphatic rings. The summed E-state index contributed by atoms with van der Waals surface area (Å²) in [5.74, 6) is 0.254. The molecule has 3 heteroatoms. The summed E-state index contributed by atoms with van der Waals surface area (Å²) in [7, 11) is 3.88. The second kappa shape index (κ2) is 3.29. The van der Waals surface area contributed by atoms with Gasteiger partial charge in [-0.2, -0.15) is 0 Å². The highest BCUT2D eigenvalue weighted by Crippen LogP contribution is 2.29. The van der Waals surface area contributed by atoms with Gasteiger partial charge in [-0.05, 0) is 26.4 Å². The monoisotopic (exact) mass is 184 g/mol. The number of nitrogens with zero attached hydrogens (tertiary/aromatic N) is 2. The highest BCUT2D eigenvalue weighted by molar-refractivity contribution is 5.82. The van der Waals surface area contributed by atoms with Gasteiger partial charge in [0.05, 0.1) is 6.04 Å². The lowest BCUT2D eigenvalue weighted by atomic mass is 9.84. The lowest BCUT2D eigenvalue weighted by Crippen LogP contribution is -2.59. The lowest BCUT2D eigenvalue weighted by molar-refractivity contribution is -0.145. The van der Waals surface area contributed by atoms with Crippen molar-refractivity contribution in [1.82, 2.24) is 9.80 Å². The molecule has 1 rings (SSSR count). The number of likely N-dealkylation sites (N-methyl/N-ethyl adjacent to an activating group) is 1. The molecule has 76 valence electrons. The zero-order chi connectivity index (χ0) is 10.2. The van der Waals surface area contributed by atoms with E-state index in [1.165, 1.54) is 0 Å². The van der Waals surface area contributed by atoms with Gasteiger partial charge in [0.2, 0.25) is 5.91 Å². The zero-order valence-corrected chi connectivity index (χ0v) is 9.29. The summed E-state index contributed by atoms with van der Waals surface area (Å²) in [6.07, 6.45) is 0. The topological polar surface area (TPSA) is 23.6 Å². The number of carbonyl (C=O) groups excluding carboxylic acids is 1. The van der Waals surface area contributed by atoms with Crippen LogP contribution < -0.4 is 0 Å². The van der Waals surface area contributed by atoms with E-state index < -0.39 is 0 Å². The van der Waals surface area contributed by atoms with E-state index in [-0.39, 0.29) is 11.9 Å². The second-order valence-corrected chi connectivity index (χ2v) is 5.00. The Morgan fingerprint density at radius 3 is 2.15 bits per heavy atom. The Morgan fingerprint density at radius 2 is 1.85 bits per heavy atom. The summed E-state index contributed by atoms with van der Waals surface area (Å²) in [4.78, 5) is 15.6. The standard InChI is InChI=1S/C10H20N2O/c1-8(11(4)5)9(13)12-6-10(2,3)7-12/h8H,6-7H2,1-5H3/t8-/m0/s1. The van der Waals surface area contributed by atoms with Gasteiger partial charge < -0.3 is 4.90 Å². The largest absolute Gasteiger partial charge is 0.340 e. The summed E-state index contributed by atoms with van der Waals surface area (Å²) in [5, 5.41) is 0. The van der Waals surface area contributed by atoms with Crippen LogP contribution in [-0.2, 0) is 4.79 Å². The van der Waals surface area contributed by atoms with E-state index in [2.05, 4.69) is 13.8 Å². The van der Waals surface area contributed by atoms with Crippen molar-refractivity contribution < 1.29 is 4.79 Å². The van der Waals surface area contributed by atoms with Crippen LogP contribution in [0.4, 0.5) is 0 Å². The first-order valence-electron chi connectivity index (χ1n) is 4.79. The van der Waals surface area contributed by atoms with Gasteiger partial charge in [-0.25, -0.2) is 0 Å². The van der Waals surface area contributed by atoms with Gasteiger partial charge in [0.25, 0.3) is 0 Å². The number of hydrogen-bond acceptors (Lipinski definition) is 2. The molecular weight excluding hydrogens is 164 g/mol. The number of rotatable bonds is 2. The molecular formula is C10H20N2O. The number of amides is 1. The van der Waals surface area contributed by atoms with Gasteiger partial charge in [0.1, 0.15) is 0 Å². The van der Waals surface area contributed by atoms with Gasteiger partial charge in [-0.15, -0.1) is 0 Å². The first-order valence-corrected chi connectivity index (χ1v) is 4.79. The molecule has 0 aromatic heterocycles. The molecule has 13 heavy (non-hydrogen) atoms. The second-order valence-electron chi connectivity index (χ2n) is 5.00. The van der Waals surface area contributed by atoms with Gasteiger partial charge in [-0.3, -0.25) is 9.69 Å². The molecule has 0 spiro atoms. The van der Waals surface area contributed by atoms with E-state index in [4.69, 9.17) is 0 Å². The lowest BCUT2D eigenvalue weighted by Gasteiger charge is -2.47. The number of likely N-dealkylation sites (tertiary alicyclic amines) is 1. The summed E-state index contributed by atoms with van der Waals surface area (Å²) >= 11 is 0. The third-order valence-corrected chi connectivity index (χ3v) is 2.68. The average molecular weight is 184 g/mol. The van der Waals surface area contributed by atoms with Gasteiger partial charge in [-0.1, -0.05) is 13.8 Å². The quantitative estimate of drug-likeness (QED) is 0.634. The fourth-order valence-corrected chi connectivity index (χ4v) is 1.63. The molecule has 3 nitrogen and oxygen atoms in total. The fourth-order valence-electron chi connectivity index (χ4n) is 1.63. The maximum atomic E-state index is 11.7. The van der Waals surface area contributed by atoms with Crippen LogP contribution in [0.1, 0.15) is 20.8 Å². The summed E-state index contributed by atoms with van der Waals surface area (Å²) in [6.45, 7) is 8.15. The Bertz CT molecular complexity index is 203. The van der Waals surface area contributed by atoms with Crippen LogP contribution in [0.5, 0.6) is 0 Å². The Labute approximate surface area is 80.7 Å². The van der Waals surface area contributed by atoms with E-state index in [1.807, 2.05) is 30.8 Å². The molecule has 0 radical (unpaired) electrons. The highest BCUT2D eigenvalue weighted by atomic mass is 16.2. The van der Waals surface area contributed by atoms with Crippen molar-refractivity contribution in [3.8, 4) is 0 Å². The summed E-state index contributed by atoms with van der Waals surface area (Å²) in [5.41, 5.74) is 0.335. The first-order chi connectivity index (χ1) is 5.83. The predicted octanol–water partition coefficient (Wildman–Crippen LogP) is 0.805. The van der Waals surface area contributed by atoms with Gasteiger partial charge in [0, 0.05) is 13.1 Å². The highest BCUT2D eigenvalue weighted by Gasteiger charge is 2.38. The molecule has 1 fully saturated rings. The number of carbonyl (C=O) groups is 1. The average Bonchev–Trinajstić information content (AvgIpc) is 1.97. The summed E-state index contributed by atoms with van der Waals surface area (Å²) in [6, 6.07) is 0.0103. The zero-order valence-electron chi connectivity index (χ0n) is 9.29. The molecule has 0 saturated carbocycles. The third kappa shape index (κ3) is 2.21. The fraction of sp³-hybridized carbons (Fsp3) is 0.900. The maximum Gasteiger partial charge on any atom is 0.239 e. The molecule has 1 aliphatic heterocycles. The molecule has 1 atom stereocenters. The smallest absolute Gasteiger partial charge is 0.239 e. The van der Waals surface area contributed by atoms with E-state index >= 15 is 0 Å².